The highest BCUT2D eigenvalue weighted by Crippen LogP contribution is 2.16. The number of nitrogens with one attached hydrogen (secondary N) is 1. The van der Waals surface area contributed by atoms with Crippen LogP contribution in [0.5, 0.6) is 0 Å². The maximum absolute atomic E-state index is 9.98. The second kappa shape index (κ2) is 5.47. The van der Waals surface area contributed by atoms with E-state index in [9.17, 15) is 4.79 Å². The van der Waals surface area contributed by atoms with Crippen molar-refractivity contribution < 1.29 is 9.53 Å². The number of H-pyrrole nitrogens is 1. The molecule has 0 aliphatic heterocycles. The predicted molar refractivity (Wildman–Crippen MR) is 55.3 cm³/mol. The van der Waals surface area contributed by atoms with Crippen molar-refractivity contribution in [1.82, 2.24) is 4.98 Å². The van der Waals surface area contributed by atoms with Crippen LogP contribution in [0.3, 0.4) is 0 Å². The lowest BCUT2D eigenvalue weighted by Gasteiger charge is -2.02. The summed E-state index contributed by atoms with van der Waals surface area (Å²) >= 11 is 0. The van der Waals surface area contributed by atoms with E-state index in [1.807, 2.05) is 0 Å². The van der Waals surface area contributed by atoms with Gasteiger partial charge in [0.25, 0.3) is 6.47 Å². The van der Waals surface area contributed by atoms with Gasteiger partial charge in [-0.3, -0.25) is 4.79 Å². The van der Waals surface area contributed by atoms with E-state index in [0.717, 1.165) is 19.3 Å². The number of aromatic nitrogens is 1. The molecule has 0 aromatic carbocycles. The molecule has 14 heavy (non-hydrogen) atoms. The van der Waals surface area contributed by atoms with Crippen molar-refractivity contribution in [3.8, 4) is 0 Å². The zero-order valence-corrected chi connectivity index (χ0v) is 8.80. The van der Waals surface area contributed by atoms with Gasteiger partial charge >= 0.3 is 0 Å². The van der Waals surface area contributed by atoms with E-state index < -0.39 is 0 Å². The highest BCUT2D eigenvalue weighted by Gasteiger charge is 2.07. The molecule has 0 aliphatic carbocycles. The molecule has 1 aromatic heterocycles. The molecule has 1 N–H and O–H groups in total. The maximum atomic E-state index is 9.98. The number of aryl methyl sites for hydroxylation is 1. The summed E-state index contributed by atoms with van der Waals surface area (Å²) in [6.07, 6.45) is 4.91. The first-order chi connectivity index (χ1) is 6.83. The minimum Gasteiger partial charge on any atom is -0.467 e. The van der Waals surface area contributed by atoms with Gasteiger partial charge in [0.2, 0.25) is 0 Å². The van der Waals surface area contributed by atoms with Gasteiger partial charge in [-0.05, 0) is 24.0 Å². The largest absolute Gasteiger partial charge is 0.467 e. The fourth-order valence-corrected chi connectivity index (χ4v) is 1.73. The Kier molecular flexibility index (Phi) is 4.23. The topological polar surface area (TPSA) is 42.1 Å². The maximum Gasteiger partial charge on any atom is 0.293 e. The van der Waals surface area contributed by atoms with Gasteiger partial charge in [-0.25, -0.2) is 0 Å². The zero-order valence-electron chi connectivity index (χ0n) is 8.80. The highest BCUT2D eigenvalue weighted by atomic mass is 16.5. The van der Waals surface area contributed by atoms with Crippen LogP contribution >= 0.6 is 0 Å². The number of rotatable bonds is 6. The van der Waals surface area contributed by atoms with Gasteiger partial charge in [0.1, 0.15) is 0 Å². The molecule has 0 radical (unpaired) electrons. The van der Waals surface area contributed by atoms with Crippen LogP contribution in [0.15, 0.2) is 6.20 Å². The van der Waals surface area contributed by atoms with Crippen LogP contribution in [0.1, 0.15) is 30.7 Å². The van der Waals surface area contributed by atoms with Crippen LogP contribution in [0, 0.1) is 0 Å². The minimum absolute atomic E-state index is 0.458. The third-order valence-corrected chi connectivity index (χ3v) is 2.44. The molecule has 0 bridgehead atoms. The minimum atomic E-state index is 0.458. The molecule has 0 saturated heterocycles. The van der Waals surface area contributed by atoms with Gasteiger partial charge in [0.05, 0.1) is 6.61 Å². The number of hydrogen-bond acceptors (Lipinski definition) is 2. The van der Waals surface area contributed by atoms with Gasteiger partial charge in [-0.1, -0.05) is 13.8 Å². The van der Waals surface area contributed by atoms with Crippen molar-refractivity contribution in [2.75, 3.05) is 6.61 Å². The Morgan fingerprint density at radius 2 is 2.21 bits per heavy atom. The number of carbonyl (C=O) groups excluding carboxylic acids is 1. The Bertz CT molecular complexity index is 291. The zero-order chi connectivity index (χ0) is 10.4. The first-order valence-corrected chi connectivity index (χ1v) is 5.06. The predicted octanol–water partition coefficient (Wildman–Crippen LogP) is 1.85. The summed E-state index contributed by atoms with van der Waals surface area (Å²) in [6.45, 7) is 5.25. The first-order valence-electron chi connectivity index (χ1n) is 5.06. The first kappa shape index (κ1) is 10.8. The smallest absolute Gasteiger partial charge is 0.293 e. The van der Waals surface area contributed by atoms with Crippen molar-refractivity contribution in [3.05, 3.63) is 23.0 Å². The van der Waals surface area contributed by atoms with Crippen molar-refractivity contribution in [2.45, 2.75) is 33.1 Å². The second-order valence-electron chi connectivity index (χ2n) is 3.20. The summed E-state index contributed by atoms with van der Waals surface area (Å²) in [6, 6.07) is 0. The molecule has 0 aliphatic rings. The summed E-state index contributed by atoms with van der Waals surface area (Å²) in [5.74, 6) is 0. The lowest BCUT2D eigenvalue weighted by molar-refractivity contribution is -0.128. The Balaban J connectivity index is 2.65. The van der Waals surface area contributed by atoms with E-state index in [2.05, 4.69) is 29.8 Å². The van der Waals surface area contributed by atoms with Crippen molar-refractivity contribution in [3.63, 3.8) is 0 Å². The molecule has 1 rings (SSSR count). The van der Waals surface area contributed by atoms with Gasteiger partial charge in [0.15, 0.2) is 0 Å². The molecule has 1 heterocycles. The number of aromatic amines is 1. The third kappa shape index (κ3) is 2.37. The van der Waals surface area contributed by atoms with E-state index in [4.69, 9.17) is 0 Å². The summed E-state index contributed by atoms with van der Waals surface area (Å²) < 4.78 is 4.68. The van der Waals surface area contributed by atoms with Gasteiger partial charge < -0.3 is 9.72 Å². The molecular weight excluding hydrogens is 178 g/mol. The molecule has 0 amide bonds. The molecule has 3 heteroatoms. The van der Waals surface area contributed by atoms with E-state index in [0.29, 0.717) is 13.1 Å². The number of carbonyl (C=O) groups is 1. The van der Waals surface area contributed by atoms with E-state index in [1.54, 1.807) is 0 Å². The Morgan fingerprint density at radius 1 is 1.43 bits per heavy atom. The normalized spacial score (nSPS) is 10.1. The Hall–Kier alpha value is -1.25. The molecule has 3 nitrogen and oxygen atoms in total. The lowest BCUT2D eigenvalue weighted by atomic mass is 10.1. The second-order valence-corrected chi connectivity index (χ2v) is 3.20. The molecule has 1 aromatic rings. The standard InChI is InChI=1S/C11H17NO2/c1-3-9-7-12-11(10(9)4-2)5-6-14-8-13/h7-8,12H,3-6H2,1-2H3. The average molecular weight is 195 g/mol. The summed E-state index contributed by atoms with van der Waals surface area (Å²) in [5, 5.41) is 0. The van der Waals surface area contributed by atoms with Crippen LogP contribution in [-0.4, -0.2) is 18.1 Å². The van der Waals surface area contributed by atoms with Crippen molar-refractivity contribution in [1.29, 1.82) is 0 Å². The number of hydrogen-bond donors (Lipinski definition) is 1. The van der Waals surface area contributed by atoms with Crippen molar-refractivity contribution >= 4 is 6.47 Å². The molecular formula is C11H17NO2. The highest BCUT2D eigenvalue weighted by molar-refractivity contribution is 5.37. The number of ether oxygens (including phenoxy) is 1. The van der Waals surface area contributed by atoms with Crippen LogP contribution in [0.25, 0.3) is 0 Å². The molecule has 0 saturated carbocycles. The van der Waals surface area contributed by atoms with Gasteiger partial charge in [0, 0.05) is 18.3 Å². The molecule has 0 spiro atoms. The Morgan fingerprint density at radius 3 is 2.79 bits per heavy atom. The third-order valence-electron chi connectivity index (χ3n) is 2.44. The van der Waals surface area contributed by atoms with Crippen LogP contribution in [0.4, 0.5) is 0 Å². The average Bonchev–Trinajstić information content (AvgIpc) is 2.60. The lowest BCUT2D eigenvalue weighted by Crippen LogP contribution is -2.00. The summed E-state index contributed by atoms with van der Waals surface area (Å²) in [5.41, 5.74) is 3.95. The van der Waals surface area contributed by atoms with E-state index >= 15 is 0 Å². The van der Waals surface area contributed by atoms with Crippen LogP contribution < -0.4 is 0 Å². The molecule has 0 unspecified atom stereocenters. The van der Waals surface area contributed by atoms with Crippen molar-refractivity contribution in [2.24, 2.45) is 0 Å². The van der Waals surface area contributed by atoms with E-state index in [1.165, 1.54) is 16.8 Å². The fraction of sp³-hybridized carbons (Fsp3) is 0.545. The van der Waals surface area contributed by atoms with Gasteiger partial charge in [-0.2, -0.15) is 0 Å². The monoisotopic (exact) mass is 195 g/mol. The van der Waals surface area contributed by atoms with Crippen LogP contribution in [0.2, 0.25) is 0 Å². The van der Waals surface area contributed by atoms with Gasteiger partial charge in [-0.15, -0.1) is 0 Å². The fourth-order valence-electron chi connectivity index (χ4n) is 1.73. The quantitative estimate of drug-likeness (QED) is 0.556. The summed E-state index contributed by atoms with van der Waals surface area (Å²) in [7, 11) is 0. The molecule has 0 fully saturated rings. The van der Waals surface area contributed by atoms with E-state index in [-0.39, 0.29) is 0 Å². The van der Waals surface area contributed by atoms with Crippen LogP contribution in [-0.2, 0) is 28.8 Å². The summed E-state index contributed by atoms with van der Waals surface area (Å²) in [4.78, 5) is 13.2. The molecule has 0 atom stereocenters. The Labute approximate surface area is 84.5 Å². The molecule has 78 valence electrons. The SMILES string of the molecule is CCc1c[nH]c(CCOC=O)c1CC.